The first-order chi connectivity index (χ1) is 24.0. The summed E-state index contributed by atoms with van der Waals surface area (Å²) in [5.41, 5.74) is -0.345. The molecule has 1 heterocycles. The molecular weight excluding hydrogens is 685 g/mol. The minimum absolute atomic E-state index is 0.111. The van der Waals surface area contributed by atoms with Crippen LogP contribution in [0.15, 0.2) is 42.5 Å². The molecule has 51 heavy (non-hydrogen) atoms. The van der Waals surface area contributed by atoms with E-state index in [4.69, 9.17) is 0 Å². The van der Waals surface area contributed by atoms with Gasteiger partial charge in [0.2, 0.25) is 23.5 Å². The van der Waals surface area contributed by atoms with Crippen molar-refractivity contribution in [3.05, 3.63) is 65.0 Å². The molecule has 0 unspecified atom stereocenters. The van der Waals surface area contributed by atoms with Crippen LogP contribution in [0.1, 0.15) is 81.4 Å². The fraction of sp³-hybridized carbons (Fsp3) is 0.568. The molecule has 0 spiro atoms. The topological polar surface area (TPSA) is 133 Å². The SMILES string of the molecule is CCC(=O)N[C@@H](C(=O)N1CCN(C)CC1)[C@@H](C)c1ccc(NC(=O)[C@@H](CC(=O)C(F)(F)c2cccc(CS(C)(=O)=O)c2)C2CCCCC2)c(F)c1. The van der Waals surface area contributed by atoms with Crippen molar-refractivity contribution < 1.29 is 40.8 Å². The van der Waals surface area contributed by atoms with Crippen molar-refractivity contribution in [3.63, 3.8) is 0 Å². The summed E-state index contributed by atoms with van der Waals surface area (Å²) in [6.07, 6.45) is 3.87. The number of ketones is 1. The molecule has 4 rings (SSSR count). The van der Waals surface area contributed by atoms with E-state index < -0.39 is 68.9 Å². The van der Waals surface area contributed by atoms with Gasteiger partial charge < -0.3 is 20.4 Å². The van der Waals surface area contributed by atoms with Gasteiger partial charge in [-0.1, -0.05) is 57.4 Å². The van der Waals surface area contributed by atoms with Gasteiger partial charge >= 0.3 is 5.92 Å². The third kappa shape index (κ3) is 10.6. The number of nitrogens with zero attached hydrogens (tertiary/aromatic N) is 2. The van der Waals surface area contributed by atoms with Crippen LogP contribution >= 0.6 is 0 Å². The minimum atomic E-state index is -3.99. The lowest BCUT2D eigenvalue weighted by atomic mass is 9.76. The van der Waals surface area contributed by atoms with E-state index in [1.807, 2.05) is 7.05 Å². The predicted molar refractivity (Wildman–Crippen MR) is 188 cm³/mol. The molecule has 10 nitrogen and oxygen atoms in total. The number of carbonyl (C=O) groups excluding carboxylic acids is 4. The van der Waals surface area contributed by atoms with Crippen LogP contribution < -0.4 is 10.6 Å². The minimum Gasteiger partial charge on any atom is -0.344 e. The molecule has 2 aromatic carbocycles. The van der Waals surface area contributed by atoms with Gasteiger partial charge in [-0.25, -0.2) is 12.8 Å². The molecule has 2 fully saturated rings. The van der Waals surface area contributed by atoms with Gasteiger partial charge in [0, 0.05) is 62.7 Å². The number of anilines is 1. The molecular formula is C37H49F3N4O6S. The largest absolute Gasteiger partial charge is 0.344 e. The molecule has 1 aliphatic heterocycles. The molecule has 3 atom stereocenters. The van der Waals surface area contributed by atoms with Gasteiger partial charge in [0.1, 0.15) is 11.9 Å². The zero-order valence-electron chi connectivity index (χ0n) is 29.7. The van der Waals surface area contributed by atoms with Crippen LogP contribution in [-0.2, 0) is 40.7 Å². The molecule has 0 radical (unpaired) electrons. The third-order valence-electron chi connectivity index (χ3n) is 10.0. The number of alkyl halides is 2. The molecule has 1 saturated heterocycles. The molecule has 2 aliphatic rings. The van der Waals surface area contributed by atoms with E-state index in [0.29, 0.717) is 44.6 Å². The Hall–Kier alpha value is -3.78. The monoisotopic (exact) mass is 734 g/mol. The Labute approximate surface area is 298 Å². The Morgan fingerprint density at radius 3 is 2.25 bits per heavy atom. The van der Waals surface area contributed by atoms with Crippen LogP contribution in [0.25, 0.3) is 0 Å². The number of benzene rings is 2. The Bertz CT molecular complexity index is 1690. The maximum Gasteiger partial charge on any atom is 0.330 e. The smallest absolute Gasteiger partial charge is 0.330 e. The lowest BCUT2D eigenvalue weighted by Crippen LogP contribution is -2.55. The first-order valence-electron chi connectivity index (χ1n) is 17.6. The first-order valence-corrected chi connectivity index (χ1v) is 19.6. The maximum atomic E-state index is 15.7. The average Bonchev–Trinajstić information content (AvgIpc) is 3.09. The molecule has 280 valence electrons. The number of piperazine rings is 1. The second-order valence-corrected chi connectivity index (χ2v) is 16.2. The molecule has 1 saturated carbocycles. The molecule has 1 aliphatic carbocycles. The van der Waals surface area contributed by atoms with Gasteiger partial charge in [-0.2, -0.15) is 8.78 Å². The van der Waals surface area contributed by atoms with Crippen LogP contribution in [0.3, 0.4) is 0 Å². The molecule has 2 N–H and O–H groups in total. The third-order valence-corrected chi connectivity index (χ3v) is 10.9. The first kappa shape index (κ1) is 40.0. The van der Waals surface area contributed by atoms with E-state index >= 15 is 13.2 Å². The second-order valence-electron chi connectivity index (χ2n) is 14.0. The van der Waals surface area contributed by atoms with Gasteiger partial charge in [-0.3, -0.25) is 19.2 Å². The number of amides is 3. The summed E-state index contributed by atoms with van der Waals surface area (Å²) < 4.78 is 70.3. The van der Waals surface area contributed by atoms with Gasteiger partial charge in [-0.15, -0.1) is 0 Å². The number of Topliss-reactive ketones (excluding diaryl/α,β-unsaturated/α-hetero) is 1. The number of nitrogens with one attached hydrogen (secondary N) is 2. The number of hydrogen-bond donors (Lipinski definition) is 2. The normalized spacial score (nSPS) is 18.1. The van der Waals surface area contributed by atoms with Gasteiger partial charge in [0.15, 0.2) is 9.84 Å². The number of rotatable bonds is 14. The van der Waals surface area contributed by atoms with Crippen molar-refractivity contribution in [1.82, 2.24) is 15.1 Å². The van der Waals surface area contributed by atoms with E-state index in [2.05, 4.69) is 15.5 Å². The highest BCUT2D eigenvalue weighted by Gasteiger charge is 2.44. The fourth-order valence-electron chi connectivity index (χ4n) is 6.89. The lowest BCUT2D eigenvalue weighted by Gasteiger charge is -2.36. The Balaban J connectivity index is 1.53. The van der Waals surface area contributed by atoms with Crippen molar-refractivity contribution in [2.45, 2.75) is 82.4 Å². The van der Waals surface area contributed by atoms with Crippen molar-refractivity contribution >= 4 is 39.0 Å². The van der Waals surface area contributed by atoms with Crippen molar-refractivity contribution in [2.24, 2.45) is 11.8 Å². The second kappa shape index (κ2) is 17.2. The zero-order chi connectivity index (χ0) is 37.5. The summed E-state index contributed by atoms with van der Waals surface area (Å²) in [7, 11) is -1.56. The van der Waals surface area contributed by atoms with Crippen molar-refractivity contribution in [1.29, 1.82) is 0 Å². The summed E-state index contributed by atoms with van der Waals surface area (Å²) >= 11 is 0. The number of hydrogen-bond acceptors (Lipinski definition) is 7. The van der Waals surface area contributed by atoms with Crippen LogP contribution in [-0.4, -0.2) is 87.2 Å². The number of likely N-dealkylation sites (N-methyl/N-ethyl adjacent to an activating group) is 1. The Morgan fingerprint density at radius 1 is 0.980 bits per heavy atom. The lowest BCUT2D eigenvalue weighted by molar-refractivity contribution is -0.147. The van der Waals surface area contributed by atoms with Gasteiger partial charge in [0.05, 0.1) is 11.4 Å². The molecule has 14 heteroatoms. The van der Waals surface area contributed by atoms with E-state index in [0.717, 1.165) is 37.7 Å². The number of halogens is 3. The molecule has 0 bridgehead atoms. The standard InChI is InChI=1S/C37H49F3N4O6S/c1-5-33(46)42-34(36(48)44-18-16-43(3)17-19-44)24(2)27-14-15-31(30(38)21-27)41-35(47)29(26-11-7-6-8-12-26)22-32(45)37(39,40)28-13-9-10-25(20-28)23-51(4,49)50/h9-10,13-15,20-21,24,26,29,34H,5-8,11-12,16-19,22-23H2,1-4H3,(H,41,47)(H,42,46)/t24-,29-,34+/m0/s1. The summed E-state index contributed by atoms with van der Waals surface area (Å²) in [6, 6.07) is 7.80. The molecule has 0 aromatic heterocycles. The highest BCUT2D eigenvalue weighted by molar-refractivity contribution is 7.89. The fourth-order valence-corrected chi connectivity index (χ4v) is 7.68. The Morgan fingerprint density at radius 2 is 1.65 bits per heavy atom. The van der Waals surface area contributed by atoms with Crippen LogP contribution in [0.2, 0.25) is 0 Å². The van der Waals surface area contributed by atoms with Gasteiger partial charge in [0.25, 0.3) is 0 Å². The van der Waals surface area contributed by atoms with Crippen molar-refractivity contribution in [3.8, 4) is 0 Å². The van der Waals surface area contributed by atoms with Crippen LogP contribution in [0.4, 0.5) is 18.9 Å². The predicted octanol–water partition coefficient (Wildman–Crippen LogP) is 5.03. The van der Waals surface area contributed by atoms with Crippen LogP contribution in [0.5, 0.6) is 0 Å². The number of sulfone groups is 1. The summed E-state index contributed by atoms with van der Waals surface area (Å²) in [6.45, 7) is 5.73. The highest BCUT2D eigenvalue weighted by atomic mass is 32.2. The molecule has 3 amide bonds. The summed E-state index contributed by atoms with van der Waals surface area (Å²) in [4.78, 5) is 56.7. The highest BCUT2D eigenvalue weighted by Crippen LogP contribution is 2.38. The van der Waals surface area contributed by atoms with Gasteiger partial charge in [-0.05, 0) is 55.1 Å². The Kier molecular flexibility index (Phi) is 13.5. The van der Waals surface area contributed by atoms with E-state index in [-0.39, 0.29) is 35.4 Å². The van der Waals surface area contributed by atoms with E-state index in [1.165, 1.54) is 24.3 Å². The van der Waals surface area contributed by atoms with Crippen molar-refractivity contribution in [2.75, 3.05) is 44.8 Å². The van der Waals surface area contributed by atoms with E-state index in [9.17, 15) is 27.6 Å². The van der Waals surface area contributed by atoms with Crippen LogP contribution in [0, 0.1) is 17.7 Å². The number of carbonyl (C=O) groups is 4. The average molecular weight is 735 g/mol. The molecule has 2 aromatic rings. The summed E-state index contributed by atoms with van der Waals surface area (Å²) in [5, 5.41) is 5.32. The maximum absolute atomic E-state index is 15.7. The quantitative estimate of drug-likeness (QED) is 0.278. The van der Waals surface area contributed by atoms with E-state index in [1.54, 1.807) is 24.8 Å². The summed E-state index contributed by atoms with van der Waals surface area (Å²) in [5.74, 6) is -10.3. The zero-order valence-corrected chi connectivity index (χ0v) is 30.5.